The van der Waals surface area contributed by atoms with E-state index in [0.717, 1.165) is 14.2 Å². The fraction of sp³-hybridized carbons (Fsp3) is 0.292. The summed E-state index contributed by atoms with van der Waals surface area (Å²) in [4.78, 5) is 51.3. The van der Waals surface area contributed by atoms with Gasteiger partial charge in [-0.3, -0.25) is 14.9 Å². The molecule has 190 valence electrons. The number of aliphatic imine (C=N–C) groups is 1. The van der Waals surface area contributed by atoms with Crippen LogP contribution in [0.4, 0.5) is 21.0 Å². The molecule has 12 heteroatoms. The summed E-state index contributed by atoms with van der Waals surface area (Å²) in [7, 11) is 2.28. The number of anilines is 2. The molecule has 0 spiro atoms. The highest BCUT2D eigenvalue weighted by atomic mass is 16.5. The number of para-hydroxylation sites is 1. The molecule has 3 amide bonds. The summed E-state index contributed by atoms with van der Waals surface area (Å²) in [6, 6.07) is 13.4. The van der Waals surface area contributed by atoms with E-state index < -0.39 is 35.9 Å². The van der Waals surface area contributed by atoms with Gasteiger partial charge >= 0.3 is 18.2 Å². The number of ether oxygens (including phenoxy) is 3. The maximum atomic E-state index is 12.9. The first-order chi connectivity index (χ1) is 17.3. The number of carbonyl (C=O) groups excluding carboxylic acids is 3. The molecule has 1 aliphatic rings. The van der Waals surface area contributed by atoms with Crippen LogP contribution >= 0.6 is 0 Å². The van der Waals surface area contributed by atoms with Crippen LogP contribution in [-0.4, -0.2) is 49.3 Å². The minimum atomic E-state index is -0.997. The largest absolute Gasteiger partial charge is 0.481 e. The number of carboxylic acids is 1. The molecule has 1 saturated carbocycles. The number of aliphatic carboxylic acids is 1. The van der Waals surface area contributed by atoms with Crippen LogP contribution in [0.5, 0.6) is 11.5 Å². The van der Waals surface area contributed by atoms with Crippen molar-refractivity contribution in [2.24, 2.45) is 16.8 Å². The number of nitrogens with zero attached hydrogens (tertiary/aromatic N) is 1. The van der Waals surface area contributed by atoms with Crippen LogP contribution in [0.15, 0.2) is 53.5 Å². The molecule has 2 unspecified atom stereocenters. The second-order valence-electron chi connectivity index (χ2n) is 7.77. The van der Waals surface area contributed by atoms with E-state index in [0.29, 0.717) is 36.4 Å². The summed E-state index contributed by atoms with van der Waals surface area (Å²) in [6.45, 7) is 0. The van der Waals surface area contributed by atoms with Gasteiger partial charge in [-0.05, 0) is 37.1 Å². The molecule has 2 atom stereocenters. The first-order valence-corrected chi connectivity index (χ1v) is 11.0. The molecular formula is C24H26N4O8. The Labute approximate surface area is 206 Å². The summed E-state index contributed by atoms with van der Waals surface area (Å²) in [5.41, 5.74) is 0.639. The van der Waals surface area contributed by atoms with E-state index in [1.165, 1.54) is 12.1 Å². The minimum absolute atomic E-state index is 0.222. The molecule has 0 heterocycles. The molecule has 0 radical (unpaired) electrons. The Morgan fingerprint density at radius 2 is 1.67 bits per heavy atom. The lowest BCUT2D eigenvalue weighted by Gasteiger charge is -2.19. The SMILES string of the molecule is COC(=O)N=C(NC(=O)OC)Nc1ccc(NC(=O)C2CCCC2C(=O)O)c(Oc2ccccc2)c1. The van der Waals surface area contributed by atoms with E-state index in [1.54, 1.807) is 30.3 Å². The van der Waals surface area contributed by atoms with E-state index in [1.807, 2.05) is 6.07 Å². The van der Waals surface area contributed by atoms with Gasteiger partial charge < -0.3 is 30.0 Å². The van der Waals surface area contributed by atoms with Gasteiger partial charge in [0.25, 0.3) is 0 Å². The Hall–Kier alpha value is -4.61. The Balaban J connectivity index is 1.90. The Kier molecular flexibility index (Phi) is 8.81. The minimum Gasteiger partial charge on any atom is -0.481 e. The Bertz CT molecular complexity index is 1150. The number of nitrogens with one attached hydrogen (secondary N) is 3. The number of carboxylic acid groups (broad SMARTS) is 1. The average Bonchev–Trinajstić information content (AvgIpc) is 3.36. The molecule has 36 heavy (non-hydrogen) atoms. The summed E-state index contributed by atoms with van der Waals surface area (Å²) in [5, 5.41) is 17.2. The van der Waals surface area contributed by atoms with Gasteiger partial charge in [-0.1, -0.05) is 24.6 Å². The number of alkyl carbamates (subject to hydrolysis) is 1. The predicted molar refractivity (Wildman–Crippen MR) is 129 cm³/mol. The molecule has 1 fully saturated rings. The van der Waals surface area contributed by atoms with Crippen molar-refractivity contribution in [3.05, 3.63) is 48.5 Å². The molecule has 0 aliphatic heterocycles. The molecule has 3 rings (SSSR count). The fourth-order valence-electron chi connectivity index (χ4n) is 3.71. The van der Waals surface area contributed by atoms with Crippen molar-refractivity contribution in [1.82, 2.24) is 5.32 Å². The maximum Gasteiger partial charge on any atom is 0.436 e. The summed E-state index contributed by atoms with van der Waals surface area (Å²) >= 11 is 0. The van der Waals surface area contributed by atoms with Crippen LogP contribution < -0.4 is 20.7 Å². The van der Waals surface area contributed by atoms with Crippen LogP contribution in [0.2, 0.25) is 0 Å². The number of carbonyl (C=O) groups is 4. The molecule has 4 N–H and O–H groups in total. The molecule has 12 nitrogen and oxygen atoms in total. The van der Waals surface area contributed by atoms with Gasteiger partial charge in [0.1, 0.15) is 5.75 Å². The number of methoxy groups -OCH3 is 2. The average molecular weight is 498 g/mol. The van der Waals surface area contributed by atoms with E-state index in [9.17, 15) is 24.3 Å². The van der Waals surface area contributed by atoms with Gasteiger partial charge in [-0.2, -0.15) is 0 Å². The second-order valence-corrected chi connectivity index (χ2v) is 7.77. The number of hydrogen-bond donors (Lipinski definition) is 4. The monoisotopic (exact) mass is 498 g/mol. The first-order valence-electron chi connectivity index (χ1n) is 11.0. The van der Waals surface area contributed by atoms with Gasteiger partial charge in [-0.25, -0.2) is 9.59 Å². The van der Waals surface area contributed by atoms with Crippen LogP contribution in [0.25, 0.3) is 0 Å². The van der Waals surface area contributed by atoms with E-state index in [2.05, 4.69) is 30.4 Å². The van der Waals surface area contributed by atoms with Crippen molar-refractivity contribution in [3.63, 3.8) is 0 Å². The normalized spacial score (nSPS) is 17.0. The lowest BCUT2D eigenvalue weighted by atomic mass is 9.95. The topological polar surface area (TPSA) is 165 Å². The third kappa shape index (κ3) is 6.95. The van der Waals surface area contributed by atoms with Gasteiger partial charge in [0.15, 0.2) is 5.75 Å². The van der Waals surface area contributed by atoms with Crippen LogP contribution in [-0.2, 0) is 19.1 Å². The third-order valence-electron chi connectivity index (χ3n) is 5.43. The van der Waals surface area contributed by atoms with Crippen molar-refractivity contribution < 1.29 is 38.5 Å². The first kappa shape index (κ1) is 26.0. The molecule has 0 saturated heterocycles. The zero-order chi connectivity index (χ0) is 26.1. The second kappa shape index (κ2) is 12.2. The van der Waals surface area contributed by atoms with Gasteiger partial charge in [0.2, 0.25) is 11.9 Å². The molecule has 1 aliphatic carbocycles. The molecule has 0 bridgehead atoms. The number of guanidine groups is 1. The zero-order valence-corrected chi connectivity index (χ0v) is 19.6. The number of amides is 3. The summed E-state index contributed by atoms with van der Waals surface area (Å²) in [5.74, 6) is -2.39. The van der Waals surface area contributed by atoms with E-state index in [4.69, 9.17) is 4.74 Å². The third-order valence-corrected chi connectivity index (χ3v) is 5.43. The zero-order valence-electron chi connectivity index (χ0n) is 19.6. The standard InChI is InChI=1S/C24H26N4O8/c1-34-23(32)27-22(28-24(33)35-2)25-14-11-12-18(19(13-14)36-15-7-4-3-5-8-15)26-20(29)16-9-6-10-17(16)21(30)31/h3-5,7-8,11-13,16-17H,6,9-10H2,1-2H3,(H,26,29)(H,30,31)(H2,25,27,28,32,33). The van der Waals surface area contributed by atoms with Crippen molar-refractivity contribution in [1.29, 1.82) is 0 Å². The summed E-state index contributed by atoms with van der Waals surface area (Å²) in [6.07, 6.45) is -0.272. The highest BCUT2D eigenvalue weighted by molar-refractivity contribution is 6.06. The maximum absolute atomic E-state index is 12.9. The van der Waals surface area contributed by atoms with Crippen molar-refractivity contribution in [2.75, 3.05) is 24.9 Å². The molecule has 0 aromatic heterocycles. The van der Waals surface area contributed by atoms with Crippen molar-refractivity contribution >= 4 is 41.4 Å². The molecule has 2 aromatic carbocycles. The van der Waals surface area contributed by atoms with Gasteiger partial charge in [0.05, 0.1) is 31.7 Å². The fourth-order valence-corrected chi connectivity index (χ4v) is 3.71. The molecular weight excluding hydrogens is 472 g/mol. The smallest absolute Gasteiger partial charge is 0.436 e. The van der Waals surface area contributed by atoms with E-state index in [-0.39, 0.29) is 11.7 Å². The Morgan fingerprint density at radius 1 is 0.944 bits per heavy atom. The van der Waals surface area contributed by atoms with Crippen LogP contribution in [0.3, 0.4) is 0 Å². The van der Waals surface area contributed by atoms with Gasteiger partial charge in [-0.15, -0.1) is 4.99 Å². The highest BCUT2D eigenvalue weighted by Gasteiger charge is 2.38. The van der Waals surface area contributed by atoms with Crippen molar-refractivity contribution in [3.8, 4) is 11.5 Å². The van der Waals surface area contributed by atoms with E-state index >= 15 is 0 Å². The number of benzene rings is 2. The number of rotatable bonds is 6. The number of hydrogen-bond acceptors (Lipinski definition) is 7. The lowest BCUT2D eigenvalue weighted by molar-refractivity contribution is -0.145. The van der Waals surface area contributed by atoms with Crippen LogP contribution in [0.1, 0.15) is 19.3 Å². The Morgan fingerprint density at radius 3 is 2.33 bits per heavy atom. The molecule has 2 aromatic rings. The highest BCUT2D eigenvalue weighted by Crippen LogP contribution is 2.36. The lowest BCUT2D eigenvalue weighted by Crippen LogP contribution is -2.36. The predicted octanol–water partition coefficient (Wildman–Crippen LogP) is 3.81. The quantitative estimate of drug-likeness (QED) is 0.342. The van der Waals surface area contributed by atoms with Crippen molar-refractivity contribution in [2.45, 2.75) is 19.3 Å². The summed E-state index contributed by atoms with van der Waals surface area (Å²) < 4.78 is 15.0. The van der Waals surface area contributed by atoms with Crippen LogP contribution in [0, 0.1) is 11.8 Å². The van der Waals surface area contributed by atoms with Gasteiger partial charge in [0, 0.05) is 11.8 Å².